The van der Waals surface area contributed by atoms with Crippen LogP contribution >= 0.6 is 11.3 Å². The fraction of sp³-hybridized carbons (Fsp3) is 0.0714. The van der Waals surface area contributed by atoms with Gasteiger partial charge in [0, 0.05) is 0 Å². The number of benzene rings is 1. The van der Waals surface area contributed by atoms with Crippen LogP contribution in [0.1, 0.15) is 20.0 Å². The van der Waals surface area contributed by atoms with Gasteiger partial charge in [-0.05, 0) is 23.6 Å². The summed E-state index contributed by atoms with van der Waals surface area (Å²) in [4.78, 5) is 28.3. The van der Waals surface area contributed by atoms with Gasteiger partial charge in [-0.25, -0.2) is 9.78 Å². The molecular weight excluding hydrogens is 278 g/mol. The lowest BCUT2D eigenvalue weighted by atomic mass is 10.2. The molecule has 3 rings (SSSR count). The number of Topliss-reactive ketones (excluding diaryl/α,β-unsaturated/α-hetero) is 1. The molecule has 0 aliphatic carbocycles. The minimum Gasteiger partial charge on any atom is -0.454 e. The number of thiophene rings is 1. The van der Waals surface area contributed by atoms with Crippen molar-refractivity contribution >= 4 is 34.2 Å². The number of carbonyl (C=O) groups is 2. The molecule has 100 valence electrons. The van der Waals surface area contributed by atoms with Gasteiger partial charge in [-0.3, -0.25) is 4.79 Å². The van der Waals surface area contributed by atoms with E-state index in [1.807, 2.05) is 0 Å². The Morgan fingerprint density at radius 2 is 2.15 bits per heavy atom. The molecule has 0 fully saturated rings. The standard InChI is InChI=1S/C14H9NO4S/c16-10(12-5-2-6-20-12)7-18-14(17)9-3-1-4-11-13(9)15-8-19-11/h1-6,8H,7H2. The zero-order chi connectivity index (χ0) is 13.9. The lowest BCUT2D eigenvalue weighted by Gasteiger charge is -2.03. The first-order valence-corrected chi connectivity index (χ1v) is 6.70. The fourth-order valence-corrected chi connectivity index (χ4v) is 2.42. The van der Waals surface area contributed by atoms with Gasteiger partial charge in [0.1, 0.15) is 5.52 Å². The van der Waals surface area contributed by atoms with Crippen molar-refractivity contribution < 1.29 is 18.7 Å². The predicted molar refractivity (Wildman–Crippen MR) is 72.9 cm³/mol. The molecule has 2 aromatic heterocycles. The Kier molecular flexibility index (Phi) is 3.30. The van der Waals surface area contributed by atoms with Gasteiger partial charge in [-0.1, -0.05) is 12.1 Å². The van der Waals surface area contributed by atoms with Gasteiger partial charge in [-0.15, -0.1) is 11.3 Å². The number of rotatable bonds is 4. The Morgan fingerprint density at radius 3 is 2.95 bits per heavy atom. The number of nitrogens with zero attached hydrogens (tertiary/aromatic N) is 1. The number of fused-ring (bicyclic) bond motifs is 1. The summed E-state index contributed by atoms with van der Waals surface area (Å²) in [5.74, 6) is -0.810. The second kappa shape index (κ2) is 5.26. The molecule has 0 saturated carbocycles. The highest BCUT2D eigenvalue weighted by Gasteiger charge is 2.16. The first kappa shape index (κ1) is 12.6. The highest BCUT2D eigenvalue weighted by Crippen LogP contribution is 2.18. The van der Waals surface area contributed by atoms with Crippen LogP contribution in [-0.2, 0) is 4.74 Å². The van der Waals surface area contributed by atoms with Crippen LogP contribution in [0.3, 0.4) is 0 Å². The summed E-state index contributed by atoms with van der Waals surface area (Å²) < 4.78 is 10.1. The molecule has 0 unspecified atom stereocenters. The molecule has 0 saturated heterocycles. The highest BCUT2D eigenvalue weighted by molar-refractivity contribution is 7.12. The minimum absolute atomic E-state index is 0.222. The van der Waals surface area contributed by atoms with Gasteiger partial charge in [0.25, 0.3) is 0 Å². The van der Waals surface area contributed by atoms with Crippen LogP contribution in [0.2, 0.25) is 0 Å². The first-order valence-electron chi connectivity index (χ1n) is 5.82. The molecule has 2 heterocycles. The SMILES string of the molecule is O=C(COC(=O)c1cccc2ocnc12)c1cccs1. The van der Waals surface area contributed by atoms with E-state index < -0.39 is 5.97 Å². The van der Waals surface area contributed by atoms with Crippen molar-refractivity contribution in [3.63, 3.8) is 0 Å². The van der Waals surface area contributed by atoms with E-state index in [1.165, 1.54) is 17.7 Å². The van der Waals surface area contributed by atoms with E-state index in [0.29, 0.717) is 16.0 Å². The number of oxazole rings is 1. The zero-order valence-corrected chi connectivity index (χ0v) is 11.1. The topological polar surface area (TPSA) is 69.4 Å². The van der Waals surface area contributed by atoms with Crippen molar-refractivity contribution in [2.24, 2.45) is 0 Å². The number of aromatic nitrogens is 1. The maximum atomic E-state index is 12.0. The molecule has 20 heavy (non-hydrogen) atoms. The van der Waals surface area contributed by atoms with Crippen molar-refractivity contribution in [3.8, 4) is 0 Å². The predicted octanol–water partition coefficient (Wildman–Crippen LogP) is 2.93. The smallest absolute Gasteiger partial charge is 0.340 e. The molecule has 5 nitrogen and oxygen atoms in total. The Hall–Kier alpha value is -2.47. The van der Waals surface area contributed by atoms with Gasteiger partial charge in [0.15, 0.2) is 18.6 Å². The van der Waals surface area contributed by atoms with Crippen LogP contribution < -0.4 is 0 Å². The molecule has 0 aliphatic rings. The van der Waals surface area contributed by atoms with Gasteiger partial charge >= 0.3 is 5.97 Å². The van der Waals surface area contributed by atoms with Gasteiger partial charge < -0.3 is 9.15 Å². The zero-order valence-electron chi connectivity index (χ0n) is 10.2. The number of hydrogen-bond acceptors (Lipinski definition) is 6. The average molecular weight is 287 g/mol. The van der Waals surface area contributed by atoms with Crippen molar-refractivity contribution in [1.29, 1.82) is 0 Å². The number of ketones is 1. The molecule has 1 aromatic carbocycles. The summed E-state index contributed by atoms with van der Waals surface area (Å²) in [6.45, 7) is -0.284. The molecule has 0 radical (unpaired) electrons. The molecule has 0 atom stereocenters. The van der Waals surface area contributed by atoms with Gasteiger partial charge in [0.2, 0.25) is 5.78 Å². The second-order valence-corrected chi connectivity index (χ2v) is 4.93. The monoisotopic (exact) mass is 287 g/mol. The summed E-state index contributed by atoms with van der Waals surface area (Å²) in [6.07, 6.45) is 1.26. The average Bonchev–Trinajstić information content (AvgIpc) is 3.13. The molecule has 0 aliphatic heterocycles. The van der Waals surface area contributed by atoms with Gasteiger partial charge in [0.05, 0.1) is 10.4 Å². The van der Waals surface area contributed by atoms with Crippen LogP contribution in [0.25, 0.3) is 11.1 Å². The third-order valence-electron chi connectivity index (χ3n) is 2.71. The minimum atomic E-state index is -0.589. The van der Waals surface area contributed by atoms with Crippen LogP contribution in [0, 0.1) is 0 Å². The number of carbonyl (C=O) groups excluding carboxylic acids is 2. The lowest BCUT2D eigenvalue weighted by Crippen LogP contribution is -2.13. The molecule has 0 amide bonds. The highest BCUT2D eigenvalue weighted by atomic mass is 32.1. The van der Waals surface area contributed by atoms with Crippen LogP contribution in [0.4, 0.5) is 0 Å². The Morgan fingerprint density at radius 1 is 1.25 bits per heavy atom. The second-order valence-electron chi connectivity index (χ2n) is 3.98. The third-order valence-corrected chi connectivity index (χ3v) is 3.62. The Balaban J connectivity index is 1.74. The number of para-hydroxylation sites is 1. The number of hydrogen-bond donors (Lipinski definition) is 0. The summed E-state index contributed by atoms with van der Waals surface area (Å²) in [5, 5.41) is 1.80. The van der Waals surface area contributed by atoms with E-state index in [4.69, 9.17) is 9.15 Å². The number of ether oxygens (including phenoxy) is 1. The van der Waals surface area contributed by atoms with Crippen molar-refractivity contribution in [2.75, 3.05) is 6.61 Å². The summed E-state index contributed by atoms with van der Waals surface area (Å²) in [6, 6.07) is 8.43. The van der Waals surface area contributed by atoms with E-state index >= 15 is 0 Å². The van der Waals surface area contributed by atoms with E-state index in [0.717, 1.165) is 0 Å². The van der Waals surface area contributed by atoms with Crippen molar-refractivity contribution in [1.82, 2.24) is 4.98 Å². The quantitative estimate of drug-likeness (QED) is 0.545. The third kappa shape index (κ3) is 2.33. The van der Waals surface area contributed by atoms with E-state index in [-0.39, 0.29) is 18.0 Å². The van der Waals surface area contributed by atoms with E-state index in [1.54, 1.807) is 35.7 Å². The molecular formula is C14H9NO4S. The molecule has 0 N–H and O–H groups in total. The number of esters is 1. The molecule has 0 bridgehead atoms. The normalized spacial score (nSPS) is 10.6. The lowest BCUT2D eigenvalue weighted by molar-refractivity contribution is 0.0477. The Bertz CT molecular complexity index is 760. The van der Waals surface area contributed by atoms with E-state index in [2.05, 4.69) is 4.98 Å². The summed E-state index contributed by atoms with van der Waals surface area (Å²) >= 11 is 1.31. The maximum Gasteiger partial charge on any atom is 0.340 e. The van der Waals surface area contributed by atoms with Crippen LogP contribution in [-0.4, -0.2) is 23.3 Å². The van der Waals surface area contributed by atoms with Crippen LogP contribution in [0.15, 0.2) is 46.5 Å². The summed E-state index contributed by atoms with van der Waals surface area (Å²) in [7, 11) is 0. The molecule has 0 spiro atoms. The van der Waals surface area contributed by atoms with Crippen molar-refractivity contribution in [3.05, 3.63) is 52.5 Å². The largest absolute Gasteiger partial charge is 0.454 e. The molecule has 6 heteroatoms. The van der Waals surface area contributed by atoms with Crippen LogP contribution in [0.5, 0.6) is 0 Å². The van der Waals surface area contributed by atoms with E-state index in [9.17, 15) is 9.59 Å². The maximum absolute atomic E-state index is 12.0. The first-order chi connectivity index (χ1) is 9.75. The molecule has 3 aromatic rings. The Labute approximate surface area is 117 Å². The summed E-state index contributed by atoms with van der Waals surface area (Å²) in [5.41, 5.74) is 1.22. The fourth-order valence-electron chi connectivity index (χ4n) is 1.77. The van der Waals surface area contributed by atoms with Crippen molar-refractivity contribution in [2.45, 2.75) is 0 Å². The van der Waals surface area contributed by atoms with Gasteiger partial charge in [-0.2, -0.15) is 0 Å².